The van der Waals surface area contributed by atoms with Gasteiger partial charge in [0.05, 0.1) is 23.9 Å². The standard InChI is InChI=1S/C28H26F3N5O3/c1-36(2)13-5-8-26(37)35-24-15-22-23(16-25(24)38-3)32-17-33-27(22)34-19-9-11-20(12-10-19)39-21-7-4-6-18(14-21)28(29,30)31/h4-12,14-17H,13H2,1-3H3,(H,35,37)(H,32,33,34). The van der Waals surface area contributed by atoms with E-state index in [0.717, 1.165) is 12.1 Å². The van der Waals surface area contributed by atoms with Crippen molar-refractivity contribution < 1.29 is 27.4 Å². The van der Waals surface area contributed by atoms with Gasteiger partial charge in [0, 0.05) is 29.8 Å². The lowest BCUT2D eigenvalue weighted by Gasteiger charge is -2.14. The Bertz CT molecular complexity index is 1490. The van der Waals surface area contributed by atoms with Crippen molar-refractivity contribution in [2.75, 3.05) is 38.4 Å². The molecule has 0 saturated heterocycles. The molecule has 1 heterocycles. The summed E-state index contributed by atoms with van der Waals surface area (Å²) >= 11 is 0. The van der Waals surface area contributed by atoms with E-state index in [0.29, 0.717) is 46.1 Å². The number of rotatable bonds is 9. The van der Waals surface area contributed by atoms with Crippen LogP contribution in [0, 0.1) is 0 Å². The molecule has 4 rings (SSSR count). The molecule has 3 aromatic carbocycles. The van der Waals surface area contributed by atoms with E-state index >= 15 is 0 Å². The van der Waals surface area contributed by atoms with E-state index < -0.39 is 11.7 Å². The fraction of sp³-hybridized carbons (Fsp3) is 0.179. The number of hydrogen-bond acceptors (Lipinski definition) is 7. The highest BCUT2D eigenvalue weighted by Gasteiger charge is 2.30. The van der Waals surface area contributed by atoms with Gasteiger partial charge in [0.2, 0.25) is 5.91 Å². The summed E-state index contributed by atoms with van der Waals surface area (Å²) in [5.41, 5.74) is 0.910. The fourth-order valence-corrected chi connectivity index (χ4v) is 3.61. The number of alkyl halides is 3. The van der Waals surface area contributed by atoms with Crippen LogP contribution < -0.4 is 20.1 Å². The van der Waals surface area contributed by atoms with E-state index in [2.05, 4.69) is 20.6 Å². The van der Waals surface area contributed by atoms with E-state index in [-0.39, 0.29) is 11.7 Å². The molecule has 1 aromatic heterocycles. The van der Waals surface area contributed by atoms with Crippen LogP contribution in [0.2, 0.25) is 0 Å². The molecule has 0 bridgehead atoms. The maximum absolute atomic E-state index is 13.0. The highest BCUT2D eigenvalue weighted by molar-refractivity contribution is 6.03. The van der Waals surface area contributed by atoms with Gasteiger partial charge >= 0.3 is 6.18 Å². The van der Waals surface area contributed by atoms with Gasteiger partial charge in [0.1, 0.15) is 29.4 Å². The number of methoxy groups -OCH3 is 1. The number of carbonyl (C=O) groups excluding carboxylic acids is 1. The molecule has 0 fully saturated rings. The fourth-order valence-electron chi connectivity index (χ4n) is 3.61. The first-order valence-corrected chi connectivity index (χ1v) is 11.8. The molecule has 0 unspecified atom stereocenters. The Morgan fingerprint density at radius 3 is 2.49 bits per heavy atom. The van der Waals surface area contributed by atoms with E-state index in [4.69, 9.17) is 9.47 Å². The Balaban J connectivity index is 1.53. The lowest BCUT2D eigenvalue weighted by atomic mass is 10.1. The summed E-state index contributed by atoms with van der Waals surface area (Å²) in [5, 5.41) is 6.66. The molecule has 0 aliphatic carbocycles. The van der Waals surface area contributed by atoms with Crippen LogP contribution in [0.1, 0.15) is 5.56 Å². The minimum atomic E-state index is -4.46. The van der Waals surface area contributed by atoms with Crippen LogP contribution in [0.5, 0.6) is 17.2 Å². The van der Waals surface area contributed by atoms with Crippen molar-refractivity contribution in [1.29, 1.82) is 0 Å². The number of nitrogens with one attached hydrogen (secondary N) is 2. The number of amides is 1. The summed E-state index contributed by atoms with van der Waals surface area (Å²) in [4.78, 5) is 23.0. The molecule has 0 aliphatic rings. The van der Waals surface area contributed by atoms with Crippen LogP contribution >= 0.6 is 0 Å². The highest BCUT2D eigenvalue weighted by atomic mass is 19.4. The van der Waals surface area contributed by atoms with Gasteiger partial charge in [-0.1, -0.05) is 12.1 Å². The molecule has 8 nitrogen and oxygen atoms in total. The van der Waals surface area contributed by atoms with Gasteiger partial charge in [-0.25, -0.2) is 9.97 Å². The number of halogens is 3. The number of fused-ring (bicyclic) bond motifs is 1. The normalized spacial score (nSPS) is 11.7. The van der Waals surface area contributed by atoms with Gasteiger partial charge in [-0.2, -0.15) is 13.2 Å². The number of anilines is 3. The van der Waals surface area contributed by atoms with Crippen molar-refractivity contribution in [2.45, 2.75) is 6.18 Å². The minimum Gasteiger partial charge on any atom is -0.494 e. The number of aromatic nitrogens is 2. The zero-order valence-electron chi connectivity index (χ0n) is 21.4. The minimum absolute atomic E-state index is 0.0763. The molecule has 0 radical (unpaired) electrons. The second kappa shape index (κ2) is 11.8. The second-order valence-electron chi connectivity index (χ2n) is 8.72. The molecule has 39 heavy (non-hydrogen) atoms. The third-order valence-corrected chi connectivity index (χ3v) is 5.47. The summed E-state index contributed by atoms with van der Waals surface area (Å²) in [7, 11) is 5.31. The summed E-state index contributed by atoms with van der Waals surface area (Å²) in [6.45, 7) is 0.619. The van der Waals surface area contributed by atoms with Crippen molar-refractivity contribution in [3.63, 3.8) is 0 Å². The zero-order valence-corrected chi connectivity index (χ0v) is 21.4. The maximum atomic E-state index is 13.0. The van der Waals surface area contributed by atoms with E-state index in [1.54, 1.807) is 42.5 Å². The van der Waals surface area contributed by atoms with E-state index in [1.165, 1.54) is 31.6 Å². The monoisotopic (exact) mass is 537 g/mol. The molecular formula is C28H26F3N5O3. The Kier molecular flexibility index (Phi) is 8.30. The van der Waals surface area contributed by atoms with Crippen molar-refractivity contribution in [1.82, 2.24) is 14.9 Å². The molecular weight excluding hydrogens is 511 g/mol. The van der Waals surface area contributed by atoms with Crippen LogP contribution in [0.4, 0.5) is 30.4 Å². The van der Waals surface area contributed by atoms with Gasteiger partial charge in [0.15, 0.2) is 0 Å². The smallest absolute Gasteiger partial charge is 0.416 e. The van der Waals surface area contributed by atoms with Crippen molar-refractivity contribution in [2.24, 2.45) is 0 Å². The first-order chi connectivity index (χ1) is 18.6. The topological polar surface area (TPSA) is 88.6 Å². The molecule has 0 spiro atoms. The Hall–Kier alpha value is -4.64. The molecule has 2 N–H and O–H groups in total. The Morgan fingerprint density at radius 1 is 1.03 bits per heavy atom. The van der Waals surface area contributed by atoms with Crippen molar-refractivity contribution >= 4 is 34.0 Å². The summed E-state index contributed by atoms with van der Waals surface area (Å²) in [6.07, 6.45) is 0.146. The second-order valence-corrected chi connectivity index (χ2v) is 8.72. The highest BCUT2D eigenvalue weighted by Crippen LogP contribution is 2.35. The van der Waals surface area contributed by atoms with Crippen molar-refractivity contribution in [3.8, 4) is 17.2 Å². The largest absolute Gasteiger partial charge is 0.494 e. The third-order valence-electron chi connectivity index (χ3n) is 5.47. The van der Waals surface area contributed by atoms with Crippen LogP contribution in [0.25, 0.3) is 10.9 Å². The Morgan fingerprint density at radius 2 is 1.79 bits per heavy atom. The van der Waals surface area contributed by atoms with Gasteiger partial charge in [-0.05, 0) is 62.6 Å². The van der Waals surface area contributed by atoms with Gasteiger partial charge < -0.3 is 25.0 Å². The molecule has 11 heteroatoms. The van der Waals surface area contributed by atoms with Gasteiger partial charge in [-0.15, -0.1) is 0 Å². The van der Waals surface area contributed by atoms with E-state index in [1.807, 2.05) is 19.0 Å². The molecule has 202 valence electrons. The number of carbonyl (C=O) groups is 1. The van der Waals surface area contributed by atoms with E-state index in [9.17, 15) is 18.0 Å². The first kappa shape index (κ1) is 27.4. The predicted octanol–water partition coefficient (Wildman–Crippen LogP) is 6.25. The SMILES string of the molecule is COc1cc2ncnc(Nc3ccc(Oc4cccc(C(F)(F)F)c4)cc3)c2cc1NC(=O)C=CCN(C)C. The Labute approximate surface area is 223 Å². The van der Waals surface area contributed by atoms with Gasteiger partial charge in [-0.3, -0.25) is 4.79 Å². The molecule has 4 aromatic rings. The summed E-state index contributed by atoms with van der Waals surface area (Å²) < 4.78 is 50.0. The lowest BCUT2D eigenvalue weighted by molar-refractivity contribution is -0.137. The number of benzene rings is 3. The molecule has 1 amide bonds. The zero-order chi connectivity index (χ0) is 28.0. The predicted molar refractivity (Wildman–Crippen MR) is 144 cm³/mol. The molecule has 0 saturated carbocycles. The summed E-state index contributed by atoms with van der Waals surface area (Å²) in [5.74, 6) is 1.06. The number of likely N-dealkylation sites (N-methyl/N-ethyl adjacent to an activating group) is 1. The van der Waals surface area contributed by atoms with Crippen LogP contribution in [0.3, 0.4) is 0 Å². The van der Waals surface area contributed by atoms with Crippen LogP contribution in [0.15, 0.2) is 79.1 Å². The lowest BCUT2D eigenvalue weighted by Crippen LogP contribution is -2.13. The maximum Gasteiger partial charge on any atom is 0.416 e. The number of nitrogens with zero attached hydrogens (tertiary/aromatic N) is 3. The quantitative estimate of drug-likeness (QED) is 0.244. The average molecular weight is 538 g/mol. The average Bonchev–Trinajstić information content (AvgIpc) is 2.89. The third kappa shape index (κ3) is 7.23. The summed E-state index contributed by atoms with van der Waals surface area (Å²) in [6, 6.07) is 14.8. The van der Waals surface area contributed by atoms with Crippen LogP contribution in [-0.2, 0) is 11.0 Å². The van der Waals surface area contributed by atoms with Crippen LogP contribution in [-0.4, -0.2) is 48.5 Å². The number of hydrogen-bond donors (Lipinski definition) is 2. The molecule has 0 atom stereocenters. The van der Waals surface area contributed by atoms with Gasteiger partial charge in [0.25, 0.3) is 0 Å². The number of ether oxygens (including phenoxy) is 2. The van der Waals surface area contributed by atoms with Crippen molar-refractivity contribution in [3.05, 3.63) is 84.7 Å². The first-order valence-electron chi connectivity index (χ1n) is 11.8. The molecule has 0 aliphatic heterocycles.